The molecular formula is C25H21N2+. The average Bonchev–Trinajstić information content (AvgIpc) is 2.74. The van der Waals surface area contributed by atoms with Crippen molar-refractivity contribution >= 4 is 12.2 Å². The Hall–Kier alpha value is -3.52. The third kappa shape index (κ3) is 4.18. The zero-order chi connectivity index (χ0) is 18.5. The van der Waals surface area contributed by atoms with E-state index < -0.39 is 0 Å². The SMILES string of the molecule is C[n+]1ccc(C=Cc2cc(-c3ccccc3)cc(-c3ccccc3)n2)cc1. The van der Waals surface area contributed by atoms with Crippen molar-refractivity contribution in [3.63, 3.8) is 0 Å². The molecule has 2 aromatic heterocycles. The molecule has 0 radical (unpaired) electrons. The number of aromatic nitrogens is 2. The van der Waals surface area contributed by atoms with Crippen LogP contribution in [0.2, 0.25) is 0 Å². The molecule has 0 aliphatic rings. The van der Waals surface area contributed by atoms with Gasteiger partial charge in [0.1, 0.15) is 7.05 Å². The molecular weight excluding hydrogens is 328 g/mol. The van der Waals surface area contributed by atoms with E-state index in [1.807, 2.05) is 48.3 Å². The Morgan fingerprint density at radius 1 is 0.667 bits per heavy atom. The van der Waals surface area contributed by atoms with E-state index in [0.717, 1.165) is 22.5 Å². The first kappa shape index (κ1) is 16.9. The molecule has 4 rings (SSSR count). The predicted octanol–water partition coefficient (Wildman–Crippen LogP) is 5.41. The highest BCUT2D eigenvalue weighted by Crippen LogP contribution is 2.26. The summed E-state index contributed by atoms with van der Waals surface area (Å²) in [5.41, 5.74) is 6.57. The quantitative estimate of drug-likeness (QED) is 0.450. The van der Waals surface area contributed by atoms with Gasteiger partial charge in [0.25, 0.3) is 0 Å². The number of nitrogens with zero attached hydrogens (tertiary/aromatic N) is 2. The topological polar surface area (TPSA) is 16.8 Å². The van der Waals surface area contributed by atoms with Crippen molar-refractivity contribution in [3.8, 4) is 22.4 Å². The Labute approximate surface area is 160 Å². The molecule has 0 atom stereocenters. The lowest BCUT2D eigenvalue weighted by Crippen LogP contribution is -2.25. The maximum atomic E-state index is 4.87. The summed E-state index contributed by atoms with van der Waals surface area (Å²) in [6.07, 6.45) is 8.27. The van der Waals surface area contributed by atoms with Crippen molar-refractivity contribution in [3.05, 3.63) is 109 Å². The molecule has 2 nitrogen and oxygen atoms in total. The highest BCUT2D eigenvalue weighted by atomic mass is 14.9. The summed E-state index contributed by atoms with van der Waals surface area (Å²) in [6, 6.07) is 29.2. The lowest BCUT2D eigenvalue weighted by molar-refractivity contribution is -0.671. The lowest BCUT2D eigenvalue weighted by Gasteiger charge is -2.08. The molecule has 2 heterocycles. The number of aryl methyl sites for hydroxylation is 1. The van der Waals surface area contributed by atoms with E-state index in [1.165, 1.54) is 11.1 Å². The molecule has 0 aliphatic carbocycles. The zero-order valence-electron chi connectivity index (χ0n) is 15.3. The van der Waals surface area contributed by atoms with Crippen LogP contribution in [0.5, 0.6) is 0 Å². The minimum Gasteiger partial charge on any atom is -0.248 e. The van der Waals surface area contributed by atoms with Gasteiger partial charge < -0.3 is 0 Å². The molecule has 2 heteroatoms. The fourth-order valence-electron chi connectivity index (χ4n) is 3.00. The van der Waals surface area contributed by atoms with Gasteiger partial charge in [0.2, 0.25) is 0 Å². The normalized spacial score (nSPS) is 11.0. The van der Waals surface area contributed by atoms with Gasteiger partial charge in [-0.05, 0) is 34.9 Å². The molecule has 0 aliphatic heterocycles. The van der Waals surface area contributed by atoms with Crippen molar-refractivity contribution in [2.75, 3.05) is 0 Å². The van der Waals surface area contributed by atoms with Crippen molar-refractivity contribution in [2.45, 2.75) is 0 Å². The Balaban J connectivity index is 1.77. The second kappa shape index (κ2) is 7.79. The zero-order valence-corrected chi connectivity index (χ0v) is 15.3. The molecule has 2 aromatic carbocycles. The van der Waals surface area contributed by atoms with Gasteiger partial charge in [0, 0.05) is 17.7 Å². The van der Waals surface area contributed by atoms with Crippen molar-refractivity contribution in [1.29, 1.82) is 0 Å². The highest BCUT2D eigenvalue weighted by Gasteiger charge is 2.05. The minimum atomic E-state index is 0.948. The Morgan fingerprint density at radius 3 is 1.96 bits per heavy atom. The third-order valence-electron chi connectivity index (χ3n) is 4.47. The van der Waals surface area contributed by atoms with Crippen LogP contribution in [0.15, 0.2) is 97.3 Å². The summed E-state index contributed by atoms with van der Waals surface area (Å²) >= 11 is 0. The molecule has 0 fully saturated rings. The summed E-state index contributed by atoms with van der Waals surface area (Å²) in [4.78, 5) is 4.87. The molecule has 4 aromatic rings. The maximum Gasteiger partial charge on any atom is 0.169 e. The number of hydrogen-bond donors (Lipinski definition) is 0. The molecule has 0 saturated heterocycles. The fraction of sp³-hybridized carbons (Fsp3) is 0.0400. The van der Waals surface area contributed by atoms with Gasteiger partial charge in [-0.25, -0.2) is 9.55 Å². The van der Waals surface area contributed by atoms with Crippen LogP contribution in [0.1, 0.15) is 11.3 Å². The largest absolute Gasteiger partial charge is 0.248 e. The Morgan fingerprint density at radius 2 is 1.30 bits per heavy atom. The van der Waals surface area contributed by atoms with Gasteiger partial charge in [-0.3, -0.25) is 0 Å². The van der Waals surface area contributed by atoms with E-state index in [9.17, 15) is 0 Å². The van der Waals surface area contributed by atoms with Crippen LogP contribution in [0.25, 0.3) is 34.5 Å². The van der Waals surface area contributed by atoms with Gasteiger partial charge in [0.05, 0.1) is 11.4 Å². The van der Waals surface area contributed by atoms with E-state index in [1.54, 1.807) is 0 Å². The van der Waals surface area contributed by atoms with Crippen LogP contribution < -0.4 is 4.57 Å². The Kier molecular flexibility index (Phi) is 4.88. The molecule has 0 spiro atoms. The monoisotopic (exact) mass is 349 g/mol. The van der Waals surface area contributed by atoms with Crippen LogP contribution in [-0.2, 0) is 7.05 Å². The van der Waals surface area contributed by atoms with E-state index >= 15 is 0 Å². The van der Waals surface area contributed by atoms with Crippen LogP contribution >= 0.6 is 0 Å². The molecule has 0 N–H and O–H groups in total. The van der Waals surface area contributed by atoms with Crippen molar-refractivity contribution in [2.24, 2.45) is 7.05 Å². The van der Waals surface area contributed by atoms with Crippen LogP contribution in [0.3, 0.4) is 0 Å². The van der Waals surface area contributed by atoms with E-state index in [0.29, 0.717) is 0 Å². The van der Waals surface area contributed by atoms with Gasteiger partial charge in [-0.15, -0.1) is 0 Å². The van der Waals surface area contributed by atoms with E-state index in [-0.39, 0.29) is 0 Å². The minimum absolute atomic E-state index is 0.948. The van der Waals surface area contributed by atoms with E-state index in [2.05, 4.69) is 72.8 Å². The summed E-state index contributed by atoms with van der Waals surface area (Å²) in [5.74, 6) is 0. The molecule has 0 bridgehead atoms. The van der Waals surface area contributed by atoms with Gasteiger partial charge >= 0.3 is 0 Å². The molecule has 0 unspecified atom stereocenters. The van der Waals surface area contributed by atoms with E-state index in [4.69, 9.17) is 4.98 Å². The van der Waals surface area contributed by atoms with Crippen LogP contribution in [-0.4, -0.2) is 4.98 Å². The summed E-state index contributed by atoms with van der Waals surface area (Å²) in [5, 5.41) is 0. The summed E-state index contributed by atoms with van der Waals surface area (Å²) in [7, 11) is 2.02. The number of rotatable bonds is 4. The first-order valence-electron chi connectivity index (χ1n) is 9.04. The molecule has 0 saturated carbocycles. The second-order valence-electron chi connectivity index (χ2n) is 6.53. The van der Waals surface area contributed by atoms with Crippen molar-refractivity contribution < 1.29 is 4.57 Å². The Bertz CT molecular complexity index is 993. The standard InChI is InChI=1S/C25H21N2/c1-27-16-14-20(15-17-27)12-13-24-18-23(21-8-4-2-5-9-21)19-25(26-24)22-10-6-3-7-11-22/h2-19H,1H3/q+1. The number of benzene rings is 2. The van der Waals surface area contributed by atoms with Crippen LogP contribution in [0.4, 0.5) is 0 Å². The molecule has 0 amide bonds. The van der Waals surface area contributed by atoms with Gasteiger partial charge in [-0.2, -0.15) is 0 Å². The smallest absolute Gasteiger partial charge is 0.169 e. The van der Waals surface area contributed by atoms with Crippen LogP contribution in [0, 0.1) is 0 Å². The maximum absolute atomic E-state index is 4.87. The predicted molar refractivity (Wildman–Crippen MR) is 112 cm³/mol. The van der Waals surface area contributed by atoms with Crippen molar-refractivity contribution in [1.82, 2.24) is 4.98 Å². The van der Waals surface area contributed by atoms with Gasteiger partial charge in [0.15, 0.2) is 12.4 Å². The number of pyridine rings is 2. The summed E-state index contributed by atoms with van der Waals surface area (Å²) in [6.45, 7) is 0. The fourth-order valence-corrected chi connectivity index (χ4v) is 3.00. The third-order valence-corrected chi connectivity index (χ3v) is 4.47. The molecule has 130 valence electrons. The average molecular weight is 349 g/mol. The first-order chi connectivity index (χ1) is 13.3. The lowest BCUT2D eigenvalue weighted by atomic mass is 10.0. The second-order valence-corrected chi connectivity index (χ2v) is 6.53. The molecule has 27 heavy (non-hydrogen) atoms. The summed E-state index contributed by atoms with van der Waals surface area (Å²) < 4.78 is 2.03. The number of hydrogen-bond acceptors (Lipinski definition) is 1. The first-order valence-corrected chi connectivity index (χ1v) is 9.04. The highest BCUT2D eigenvalue weighted by molar-refractivity contribution is 5.76. The van der Waals surface area contributed by atoms with Gasteiger partial charge in [-0.1, -0.05) is 66.7 Å².